The van der Waals surface area contributed by atoms with Crippen LogP contribution in [0.25, 0.3) is 0 Å². The van der Waals surface area contributed by atoms with Crippen molar-refractivity contribution in [2.24, 2.45) is 5.41 Å². The van der Waals surface area contributed by atoms with Crippen molar-refractivity contribution in [3.8, 4) is 0 Å². The third-order valence-electron chi connectivity index (χ3n) is 2.77. The SMILES string of the molecule is O=P1(OCCCl)OCC2(CO1)COP(=O)(OCCCl)OC2. The van der Waals surface area contributed by atoms with Crippen molar-refractivity contribution < 1.29 is 36.3 Å². The van der Waals surface area contributed by atoms with Gasteiger partial charge in [0, 0.05) is 11.8 Å². The number of hydrogen-bond acceptors (Lipinski definition) is 8. The summed E-state index contributed by atoms with van der Waals surface area (Å²) in [6.07, 6.45) is 0. The van der Waals surface area contributed by atoms with Gasteiger partial charge in [0.25, 0.3) is 0 Å². The molecule has 0 aromatic heterocycles. The zero-order valence-electron chi connectivity index (χ0n) is 11.1. The first-order valence-electron chi connectivity index (χ1n) is 6.14. The lowest BCUT2D eigenvalue weighted by Gasteiger charge is -2.41. The van der Waals surface area contributed by atoms with Gasteiger partial charge in [-0.1, -0.05) is 0 Å². The molecular weight excluding hydrogens is 369 g/mol. The van der Waals surface area contributed by atoms with Gasteiger partial charge in [0.15, 0.2) is 0 Å². The van der Waals surface area contributed by atoms with Crippen LogP contribution in [0.1, 0.15) is 0 Å². The summed E-state index contributed by atoms with van der Waals surface area (Å²) in [6, 6.07) is 0. The minimum atomic E-state index is -3.59. The normalized spacial score (nSPS) is 40.5. The van der Waals surface area contributed by atoms with Crippen molar-refractivity contribution in [1.82, 2.24) is 0 Å². The summed E-state index contributed by atoms with van der Waals surface area (Å²) in [4.78, 5) is 0. The first-order chi connectivity index (χ1) is 9.95. The van der Waals surface area contributed by atoms with E-state index in [1.807, 2.05) is 0 Å². The van der Waals surface area contributed by atoms with Crippen LogP contribution in [0.2, 0.25) is 0 Å². The highest BCUT2D eigenvalue weighted by molar-refractivity contribution is 7.48. The van der Waals surface area contributed by atoms with Crippen LogP contribution in [0.4, 0.5) is 0 Å². The molecule has 0 aliphatic carbocycles. The first kappa shape index (κ1) is 18.1. The molecule has 2 saturated heterocycles. The van der Waals surface area contributed by atoms with Gasteiger partial charge in [0.1, 0.15) is 0 Å². The van der Waals surface area contributed by atoms with Gasteiger partial charge < -0.3 is 0 Å². The fraction of sp³-hybridized carbons (Fsp3) is 1.00. The minimum absolute atomic E-state index is 0.0298. The Hall–Kier alpha value is 0.800. The quantitative estimate of drug-likeness (QED) is 0.510. The van der Waals surface area contributed by atoms with E-state index in [1.54, 1.807) is 0 Å². The smallest absolute Gasteiger partial charge is 0.286 e. The summed E-state index contributed by atoms with van der Waals surface area (Å²) >= 11 is 10.9. The highest BCUT2D eigenvalue weighted by Crippen LogP contribution is 2.59. The van der Waals surface area contributed by atoms with Crippen LogP contribution >= 0.6 is 38.8 Å². The van der Waals surface area contributed by atoms with E-state index < -0.39 is 21.1 Å². The number of hydrogen-bond donors (Lipinski definition) is 0. The Kier molecular flexibility index (Phi) is 6.55. The van der Waals surface area contributed by atoms with Crippen molar-refractivity contribution in [3.63, 3.8) is 0 Å². The molecule has 0 bridgehead atoms. The van der Waals surface area contributed by atoms with E-state index in [9.17, 15) is 9.13 Å². The fourth-order valence-corrected chi connectivity index (χ4v) is 4.80. The van der Waals surface area contributed by atoms with Gasteiger partial charge >= 0.3 is 15.6 Å². The lowest BCUT2D eigenvalue weighted by atomic mass is 9.93. The van der Waals surface area contributed by atoms with Gasteiger partial charge in [0.2, 0.25) is 0 Å². The summed E-state index contributed by atoms with van der Waals surface area (Å²) < 4.78 is 54.5. The molecule has 2 aliphatic heterocycles. The Morgan fingerprint density at radius 3 is 1.43 bits per heavy atom. The molecule has 0 aromatic carbocycles. The standard InChI is InChI=1S/C9H16Cl2O8P2/c10-1-3-14-20(12)16-5-9(6-17-20)7-18-21(13,19-8-9)15-4-2-11/h1-8H2. The molecule has 1 spiro atoms. The van der Waals surface area contributed by atoms with E-state index >= 15 is 0 Å². The first-order valence-corrected chi connectivity index (χ1v) is 10.1. The van der Waals surface area contributed by atoms with Gasteiger partial charge in [0.05, 0.1) is 45.1 Å². The van der Waals surface area contributed by atoms with Crippen molar-refractivity contribution in [3.05, 3.63) is 0 Å². The van der Waals surface area contributed by atoms with E-state index in [4.69, 9.17) is 50.3 Å². The Morgan fingerprint density at radius 1 is 0.810 bits per heavy atom. The Bertz CT molecular complexity index is 380. The third kappa shape index (κ3) is 4.88. The number of phosphoric ester groups is 2. The van der Waals surface area contributed by atoms with Crippen molar-refractivity contribution in [2.45, 2.75) is 0 Å². The largest absolute Gasteiger partial charge is 0.474 e. The molecule has 21 heavy (non-hydrogen) atoms. The summed E-state index contributed by atoms with van der Waals surface area (Å²) in [7, 11) is -7.17. The Morgan fingerprint density at radius 2 is 1.14 bits per heavy atom. The molecule has 0 atom stereocenters. The molecule has 2 heterocycles. The number of rotatable bonds is 6. The molecule has 0 amide bonds. The molecule has 2 rings (SSSR count). The molecular formula is C9H16Cl2O8P2. The van der Waals surface area contributed by atoms with Crippen LogP contribution in [0.3, 0.4) is 0 Å². The maximum atomic E-state index is 12.0. The fourth-order valence-electron chi connectivity index (χ4n) is 1.63. The lowest BCUT2D eigenvalue weighted by molar-refractivity contribution is -0.0945. The molecule has 8 nitrogen and oxygen atoms in total. The lowest BCUT2D eigenvalue weighted by Crippen LogP contribution is -2.45. The predicted octanol–water partition coefficient (Wildman–Crippen LogP) is 2.79. The number of phosphoric acid groups is 2. The van der Waals surface area contributed by atoms with Crippen molar-refractivity contribution in [2.75, 3.05) is 51.4 Å². The van der Waals surface area contributed by atoms with E-state index in [1.165, 1.54) is 0 Å². The topological polar surface area (TPSA) is 89.5 Å². The number of halogens is 2. The maximum absolute atomic E-state index is 12.0. The van der Waals surface area contributed by atoms with Crippen molar-refractivity contribution in [1.29, 1.82) is 0 Å². The van der Waals surface area contributed by atoms with Crippen LogP contribution in [-0.4, -0.2) is 51.4 Å². The second kappa shape index (κ2) is 7.58. The van der Waals surface area contributed by atoms with Gasteiger partial charge in [-0.2, -0.15) is 0 Å². The monoisotopic (exact) mass is 384 g/mol. The third-order valence-corrected chi connectivity index (χ3v) is 5.86. The van der Waals surface area contributed by atoms with E-state index in [2.05, 4.69) is 0 Å². The van der Waals surface area contributed by atoms with E-state index in [-0.39, 0.29) is 51.4 Å². The second-order valence-corrected chi connectivity index (χ2v) is 8.63. The van der Waals surface area contributed by atoms with Crippen LogP contribution < -0.4 is 0 Å². The Balaban J connectivity index is 1.85. The zero-order chi connectivity index (χ0) is 15.4. The summed E-state index contributed by atoms with van der Waals surface area (Å²) in [5, 5.41) is 0. The molecule has 0 saturated carbocycles. The molecule has 124 valence electrons. The number of alkyl halides is 2. The van der Waals surface area contributed by atoms with Crippen molar-refractivity contribution >= 4 is 38.8 Å². The van der Waals surface area contributed by atoms with E-state index in [0.717, 1.165) is 0 Å². The summed E-state index contributed by atoms with van der Waals surface area (Å²) in [5.41, 5.74) is -0.698. The zero-order valence-corrected chi connectivity index (χ0v) is 14.4. The highest BCUT2D eigenvalue weighted by atomic mass is 35.5. The predicted molar refractivity (Wildman–Crippen MR) is 74.8 cm³/mol. The van der Waals surface area contributed by atoms with Crippen LogP contribution in [0.15, 0.2) is 0 Å². The Labute approximate surface area is 132 Å². The van der Waals surface area contributed by atoms with Gasteiger partial charge in [-0.25, -0.2) is 9.13 Å². The minimum Gasteiger partial charge on any atom is -0.286 e. The molecule has 12 heteroatoms. The second-order valence-electron chi connectivity index (χ2n) is 4.53. The average Bonchev–Trinajstić information content (AvgIpc) is 2.50. The van der Waals surface area contributed by atoms with Gasteiger partial charge in [-0.3, -0.25) is 27.1 Å². The van der Waals surface area contributed by atoms with Gasteiger partial charge in [-0.05, 0) is 0 Å². The maximum Gasteiger partial charge on any atom is 0.474 e. The molecule has 0 aromatic rings. The highest BCUT2D eigenvalue weighted by Gasteiger charge is 2.49. The molecule has 2 aliphatic rings. The average molecular weight is 385 g/mol. The van der Waals surface area contributed by atoms with Crippen LogP contribution in [0, 0.1) is 5.41 Å². The molecule has 0 radical (unpaired) electrons. The van der Waals surface area contributed by atoms with E-state index in [0.29, 0.717) is 0 Å². The molecule has 0 N–H and O–H groups in total. The van der Waals surface area contributed by atoms with Crippen LogP contribution in [0.5, 0.6) is 0 Å². The van der Waals surface area contributed by atoms with Gasteiger partial charge in [-0.15, -0.1) is 23.2 Å². The molecule has 2 fully saturated rings. The summed E-state index contributed by atoms with van der Waals surface area (Å²) in [6.45, 7) is 0.231. The van der Waals surface area contributed by atoms with Crippen LogP contribution in [-0.2, 0) is 36.3 Å². The summed E-state index contributed by atoms with van der Waals surface area (Å²) in [5.74, 6) is 0.352. The molecule has 0 unspecified atom stereocenters.